The van der Waals surface area contributed by atoms with Gasteiger partial charge in [0.15, 0.2) is 0 Å². The van der Waals surface area contributed by atoms with Crippen LogP contribution in [0.2, 0.25) is 0 Å². The Balaban J connectivity index is 1.57. The molecule has 1 aromatic heterocycles. The lowest BCUT2D eigenvalue weighted by atomic mass is 9.93. The first-order valence-electron chi connectivity index (χ1n) is 8.84. The van der Waals surface area contributed by atoms with Crippen LogP contribution >= 0.6 is 0 Å². The number of rotatable bonds is 3. The van der Waals surface area contributed by atoms with Gasteiger partial charge in [-0.3, -0.25) is 9.10 Å². The standard InChI is InChI=1S/C19H22N2O4S/c1-12-10-14-11-13(6-7-17(14)21(12)26(2,23)24)19(22)20-16-4-3-5-18-15(16)8-9-25-18/h6-9,11-12,16H,3-5,10H2,1-2H3,(H,20,22). The molecule has 1 aromatic carbocycles. The van der Waals surface area contributed by atoms with E-state index in [0.717, 1.165) is 36.1 Å². The molecule has 2 aromatic rings. The van der Waals surface area contributed by atoms with Crippen molar-refractivity contribution in [3.8, 4) is 0 Å². The van der Waals surface area contributed by atoms with E-state index in [-0.39, 0.29) is 18.0 Å². The lowest BCUT2D eigenvalue weighted by Crippen LogP contribution is -2.34. The number of carbonyl (C=O) groups excluding carboxylic acids is 1. The molecule has 0 saturated heterocycles. The van der Waals surface area contributed by atoms with Gasteiger partial charge in [0.05, 0.1) is 24.2 Å². The largest absolute Gasteiger partial charge is 0.469 e. The van der Waals surface area contributed by atoms with Crippen molar-refractivity contribution in [2.24, 2.45) is 0 Å². The van der Waals surface area contributed by atoms with E-state index in [2.05, 4.69) is 5.32 Å². The molecular formula is C19H22N2O4S. The van der Waals surface area contributed by atoms with Gasteiger partial charge in [-0.15, -0.1) is 0 Å². The highest BCUT2D eigenvalue weighted by Crippen LogP contribution is 2.35. The van der Waals surface area contributed by atoms with E-state index >= 15 is 0 Å². The van der Waals surface area contributed by atoms with Gasteiger partial charge >= 0.3 is 0 Å². The molecule has 1 amide bonds. The third kappa shape index (κ3) is 2.90. The molecule has 7 heteroatoms. The van der Waals surface area contributed by atoms with Crippen molar-refractivity contribution in [2.45, 2.75) is 44.7 Å². The molecule has 0 saturated carbocycles. The lowest BCUT2D eigenvalue weighted by molar-refractivity contribution is 0.0932. The van der Waals surface area contributed by atoms with Crippen molar-refractivity contribution in [2.75, 3.05) is 10.6 Å². The fourth-order valence-corrected chi connectivity index (χ4v) is 5.39. The highest BCUT2D eigenvalue weighted by atomic mass is 32.2. The number of sulfonamides is 1. The van der Waals surface area contributed by atoms with Crippen molar-refractivity contribution >= 4 is 21.6 Å². The van der Waals surface area contributed by atoms with Crippen molar-refractivity contribution in [3.05, 3.63) is 53.0 Å². The third-order valence-electron chi connectivity index (χ3n) is 5.21. The number of hydrogen-bond acceptors (Lipinski definition) is 4. The minimum atomic E-state index is -3.33. The summed E-state index contributed by atoms with van der Waals surface area (Å²) < 4.78 is 30.9. The van der Waals surface area contributed by atoms with Crippen molar-refractivity contribution in [1.82, 2.24) is 5.32 Å². The summed E-state index contributed by atoms with van der Waals surface area (Å²) >= 11 is 0. The molecule has 2 unspecified atom stereocenters. The van der Waals surface area contributed by atoms with Gasteiger partial charge in [0, 0.05) is 23.6 Å². The van der Waals surface area contributed by atoms with Gasteiger partial charge in [-0.25, -0.2) is 8.42 Å². The van der Waals surface area contributed by atoms with Crippen LogP contribution in [0, 0.1) is 0 Å². The summed E-state index contributed by atoms with van der Waals surface area (Å²) in [5.41, 5.74) is 3.18. The van der Waals surface area contributed by atoms with Gasteiger partial charge in [0.1, 0.15) is 5.76 Å². The van der Waals surface area contributed by atoms with Crippen LogP contribution in [0.3, 0.4) is 0 Å². The maximum absolute atomic E-state index is 12.7. The molecule has 0 radical (unpaired) electrons. The van der Waals surface area contributed by atoms with E-state index in [1.165, 1.54) is 10.6 Å². The molecule has 1 N–H and O–H groups in total. The Labute approximate surface area is 153 Å². The molecule has 2 heterocycles. The lowest BCUT2D eigenvalue weighted by Gasteiger charge is -2.23. The Bertz CT molecular complexity index is 964. The van der Waals surface area contributed by atoms with Crippen LogP contribution in [0.1, 0.15) is 53.1 Å². The smallest absolute Gasteiger partial charge is 0.251 e. The first kappa shape index (κ1) is 17.1. The molecule has 0 spiro atoms. The second-order valence-electron chi connectivity index (χ2n) is 7.17. The van der Waals surface area contributed by atoms with Gasteiger partial charge in [-0.2, -0.15) is 0 Å². The first-order chi connectivity index (χ1) is 12.3. The summed E-state index contributed by atoms with van der Waals surface area (Å²) in [5, 5.41) is 3.09. The Morgan fingerprint density at radius 3 is 2.88 bits per heavy atom. The molecule has 26 heavy (non-hydrogen) atoms. The minimum Gasteiger partial charge on any atom is -0.469 e. The summed E-state index contributed by atoms with van der Waals surface area (Å²) in [6.07, 6.45) is 6.28. The minimum absolute atomic E-state index is 0.0373. The van der Waals surface area contributed by atoms with E-state index in [1.54, 1.807) is 18.4 Å². The normalized spacial score (nSPS) is 22.0. The predicted octanol–water partition coefficient (Wildman–Crippen LogP) is 2.80. The van der Waals surface area contributed by atoms with Crippen molar-refractivity contribution < 1.29 is 17.6 Å². The quantitative estimate of drug-likeness (QED) is 0.896. The summed E-state index contributed by atoms with van der Waals surface area (Å²) in [7, 11) is -3.33. The van der Waals surface area contributed by atoms with E-state index in [4.69, 9.17) is 4.42 Å². The summed E-state index contributed by atoms with van der Waals surface area (Å²) in [4.78, 5) is 12.7. The monoisotopic (exact) mass is 374 g/mol. The Morgan fingerprint density at radius 2 is 2.12 bits per heavy atom. The number of amides is 1. The van der Waals surface area contributed by atoms with E-state index in [9.17, 15) is 13.2 Å². The number of carbonyl (C=O) groups is 1. The number of aryl methyl sites for hydroxylation is 1. The molecule has 1 aliphatic heterocycles. The van der Waals surface area contributed by atoms with Gasteiger partial charge < -0.3 is 9.73 Å². The van der Waals surface area contributed by atoms with Gasteiger partial charge in [0.25, 0.3) is 5.91 Å². The number of furan rings is 1. The molecule has 1 aliphatic carbocycles. The van der Waals surface area contributed by atoms with Gasteiger partial charge in [-0.05, 0) is 56.0 Å². The molecule has 6 nitrogen and oxygen atoms in total. The first-order valence-corrected chi connectivity index (χ1v) is 10.7. The van der Waals surface area contributed by atoms with Crippen LogP contribution in [0.15, 0.2) is 34.9 Å². The van der Waals surface area contributed by atoms with E-state index in [0.29, 0.717) is 17.7 Å². The molecule has 4 rings (SSSR count). The fourth-order valence-electron chi connectivity index (χ4n) is 4.13. The second kappa shape index (κ2) is 6.16. The molecule has 0 bridgehead atoms. The zero-order chi connectivity index (χ0) is 18.5. The second-order valence-corrected chi connectivity index (χ2v) is 9.03. The van der Waals surface area contributed by atoms with Crippen LogP contribution in [-0.4, -0.2) is 26.6 Å². The molecule has 0 fully saturated rings. The van der Waals surface area contributed by atoms with Crippen molar-refractivity contribution in [1.29, 1.82) is 0 Å². The molecule has 138 valence electrons. The number of anilines is 1. The van der Waals surface area contributed by atoms with Gasteiger partial charge in [0.2, 0.25) is 10.0 Å². The average Bonchev–Trinajstić information content (AvgIpc) is 3.17. The Kier molecular flexibility index (Phi) is 4.06. The highest BCUT2D eigenvalue weighted by Gasteiger charge is 2.33. The Morgan fingerprint density at radius 1 is 1.31 bits per heavy atom. The topological polar surface area (TPSA) is 79.6 Å². The van der Waals surface area contributed by atoms with Crippen LogP contribution < -0.4 is 9.62 Å². The third-order valence-corrected chi connectivity index (χ3v) is 6.48. The van der Waals surface area contributed by atoms with Crippen LogP contribution in [0.5, 0.6) is 0 Å². The van der Waals surface area contributed by atoms with Crippen LogP contribution in [0.25, 0.3) is 0 Å². The summed E-state index contributed by atoms with van der Waals surface area (Å²) in [6, 6.07) is 7.00. The summed E-state index contributed by atoms with van der Waals surface area (Å²) in [6.45, 7) is 1.88. The van der Waals surface area contributed by atoms with Crippen LogP contribution in [0.4, 0.5) is 5.69 Å². The zero-order valence-corrected chi connectivity index (χ0v) is 15.7. The predicted molar refractivity (Wildman–Crippen MR) is 98.8 cm³/mol. The maximum Gasteiger partial charge on any atom is 0.251 e. The number of fused-ring (bicyclic) bond motifs is 2. The number of nitrogens with one attached hydrogen (secondary N) is 1. The number of hydrogen-bond donors (Lipinski definition) is 1. The number of benzene rings is 1. The van der Waals surface area contributed by atoms with Gasteiger partial charge in [-0.1, -0.05) is 0 Å². The van der Waals surface area contributed by atoms with E-state index in [1.807, 2.05) is 19.1 Å². The molecule has 2 atom stereocenters. The SMILES string of the molecule is CC1Cc2cc(C(=O)NC3CCCc4occc43)ccc2N1S(C)(=O)=O. The Hall–Kier alpha value is -2.28. The molecular weight excluding hydrogens is 352 g/mol. The van der Waals surface area contributed by atoms with E-state index < -0.39 is 10.0 Å². The van der Waals surface area contributed by atoms with Crippen LogP contribution in [-0.2, 0) is 22.9 Å². The zero-order valence-electron chi connectivity index (χ0n) is 14.9. The number of nitrogens with zero attached hydrogens (tertiary/aromatic N) is 1. The fraction of sp³-hybridized carbons (Fsp3) is 0.421. The van der Waals surface area contributed by atoms with Crippen molar-refractivity contribution in [3.63, 3.8) is 0 Å². The highest BCUT2D eigenvalue weighted by molar-refractivity contribution is 7.92. The summed E-state index contributed by atoms with van der Waals surface area (Å²) in [5.74, 6) is 0.811. The molecule has 2 aliphatic rings. The maximum atomic E-state index is 12.7. The average molecular weight is 374 g/mol.